The van der Waals surface area contributed by atoms with Crippen LogP contribution in [-0.2, 0) is 33.3 Å². The quantitative estimate of drug-likeness (QED) is 0.0616. The van der Waals surface area contributed by atoms with E-state index in [1.807, 2.05) is 0 Å². The zero-order chi connectivity index (χ0) is 31.1. The zero-order valence-electron chi connectivity index (χ0n) is 22.9. The van der Waals surface area contributed by atoms with Crippen molar-refractivity contribution < 1.29 is 54.2 Å². The van der Waals surface area contributed by atoms with Crippen molar-refractivity contribution in [3.8, 4) is 0 Å². The molecule has 0 bridgehead atoms. The first kappa shape index (κ1) is 31.6. The summed E-state index contributed by atoms with van der Waals surface area (Å²) in [5.41, 5.74) is -1.80. The van der Waals surface area contributed by atoms with E-state index < -0.39 is 40.6 Å². The van der Waals surface area contributed by atoms with E-state index in [1.54, 1.807) is 11.4 Å². The number of likely N-dealkylation sites (N-methyl/N-ethyl adjacent to an activating group) is 1. The fourth-order valence-corrected chi connectivity index (χ4v) is 5.01. The fraction of sp³-hybridized carbons (Fsp3) is 0.423. The number of carbonyl (C=O) groups excluding carboxylic acids is 3. The molecular weight excluding hydrogens is 558 g/mol. The van der Waals surface area contributed by atoms with Gasteiger partial charge >= 0.3 is 5.79 Å². The standard InChI is InChI=1S/C26H32BFN4O10/c1-31(23(27)21(34)30-22(35)24(36,37)26(23,40)41)13-18-16(14-33)3-2-4-20(18)29-12-15-5-6-17(11-19(15)28)25(38,39)32-7-9-42-10-8-32/h2-6,11,14,29,36-41H,7-10,12-13,27H2,1H3,(H,30,34,35). The van der Waals surface area contributed by atoms with Crippen LogP contribution in [-0.4, -0.2) is 117 Å². The monoisotopic (exact) mass is 590 g/mol. The molecule has 226 valence electrons. The van der Waals surface area contributed by atoms with Gasteiger partial charge in [0, 0.05) is 48.6 Å². The van der Waals surface area contributed by atoms with Gasteiger partial charge in [0.05, 0.1) is 13.2 Å². The van der Waals surface area contributed by atoms with Crippen LogP contribution in [0.25, 0.3) is 0 Å². The topological polar surface area (TPSA) is 212 Å². The molecule has 1 unspecified atom stereocenters. The Morgan fingerprint density at radius 1 is 1.14 bits per heavy atom. The van der Waals surface area contributed by atoms with Crippen molar-refractivity contribution in [2.45, 2.75) is 36.0 Å². The van der Waals surface area contributed by atoms with Gasteiger partial charge in [0.25, 0.3) is 11.8 Å². The Morgan fingerprint density at radius 3 is 2.43 bits per heavy atom. The molecule has 2 amide bonds. The molecule has 2 fully saturated rings. The minimum Gasteiger partial charge on any atom is -0.381 e. The summed E-state index contributed by atoms with van der Waals surface area (Å²) in [4.78, 5) is 38.9. The number of morpholine rings is 1. The number of carbonyl (C=O) groups is 3. The number of anilines is 1. The van der Waals surface area contributed by atoms with Gasteiger partial charge in [-0.05, 0) is 24.7 Å². The molecule has 8 N–H and O–H groups in total. The second-order valence-corrected chi connectivity index (χ2v) is 10.4. The van der Waals surface area contributed by atoms with Gasteiger partial charge in [0.2, 0.25) is 11.7 Å². The minimum atomic E-state index is -3.75. The Bertz CT molecular complexity index is 1380. The number of hydrogen-bond acceptors (Lipinski definition) is 13. The molecule has 16 heteroatoms. The number of ether oxygens (including phenoxy) is 1. The first-order valence-corrected chi connectivity index (χ1v) is 12.9. The molecule has 0 radical (unpaired) electrons. The van der Waals surface area contributed by atoms with Crippen LogP contribution in [0.1, 0.15) is 27.0 Å². The normalized spacial score (nSPS) is 22.6. The summed E-state index contributed by atoms with van der Waals surface area (Å²) >= 11 is 0. The molecule has 2 aliphatic heterocycles. The highest BCUT2D eigenvalue weighted by Gasteiger charge is 2.71. The van der Waals surface area contributed by atoms with E-state index >= 15 is 4.39 Å². The predicted octanol–water partition coefficient (Wildman–Crippen LogP) is -3.54. The number of rotatable bonds is 9. The lowest BCUT2D eigenvalue weighted by atomic mass is 9.63. The van der Waals surface area contributed by atoms with Crippen molar-refractivity contribution >= 4 is 31.6 Å². The Morgan fingerprint density at radius 2 is 1.81 bits per heavy atom. The lowest BCUT2D eigenvalue weighted by Gasteiger charge is -2.52. The van der Waals surface area contributed by atoms with Crippen LogP contribution in [0.3, 0.4) is 0 Å². The van der Waals surface area contributed by atoms with E-state index in [0.29, 0.717) is 25.2 Å². The van der Waals surface area contributed by atoms with Gasteiger partial charge in [-0.1, -0.05) is 24.3 Å². The number of halogens is 1. The van der Waals surface area contributed by atoms with E-state index in [4.69, 9.17) is 4.74 Å². The van der Waals surface area contributed by atoms with Crippen molar-refractivity contribution in [1.29, 1.82) is 0 Å². The van der Waals surface area contributed by atoms with Crippen LogP contribution in [0.4, 0.5) is 10.1 Å². The highest BCUT2D eigenvalue weighted by atomic mass is 19.1. The molecule has 0 spiro atoms. The summed E-state index contributed by atoms with van der Waals surface area (Å²) in [5.74, 6) is -13.5. The van der Waals surface area contributed by atoms with E-state index in [-0.39, 0.29) is 48.4 Å². The molecule has 0 saturated carbocycles. The molecule has 2 aliphatic rings. The molecule has 42 heavy (non-hydrogen) atoms. The molecule has 4 rings (SSSR count). The number of piperidine rings is 1. The molecule has 0 aromatic heterocycles. The van der Waals surface area contributed by atoms with Crippen LogP contribution in [0, 0.1) is 5.82 Å². The van der Waals surface area contributed by atoms with Crippen LogP contribution in [0.2, 0.25) is 0 Å². The van der Waals surface area contributed by atoms with Gasteiger partial charge in [-0.15, -0.1) is 0 Å². The molecule has 2 heterocycles. The van der Waals surface area contributed by atoms with Gasteiger partial charge in [0.15, 0.2) is 0 Å². The van der Waals surface area contributed by atoms with Gasteiger partial charge in [0.1, 0.15) is 25.4 Å². The largest absolute Gasteiger partial charge is 0.381 e. The molecule has 1 atom stereocenters. The summed E-state index contributed by atoms with van der Waals surface area (Å²) in [6, 6.07) is 8.27. The summed E-state index contributed by atoms with van der Waals surface area (Å²) in [7, 11) is 2.21. The minimum absolute atomic E-state index is 0.0752. The Balaban J connectivity index is 1.58. The summed E-state index contributed by atoms with van der Waals surface area (Å²) in [6.07, 6.45) is 0.512. The van der Waals surface area contributed by atoms with Crippen LogP contribution < -0.4 is 10.6 Å². The molecule has 0 aliphatic carbocycles. The second-order valence-electron chi connectivity index (χ2n) is 10.4. The third-order valence-electron chi connectivity index (χ3n) is 8.01. The van der Waals surface area contributed by atoms with Gasteiger partial charge in [-0.3, -0.25) is 24.6 Å². The zero-order valence-corrected chi connectivity index (χ0v) is 22.9. The van der Waals surface area contributed by atoms with Gasteiger partial charge < -0.3 is 40.7 Å². The summed E-state index contributed by atoms with van der Waals surface area (Å²) < 4.78 is 20.3. The van der Waals surface area contributed by atoms with Crippen molar-refractivity contribution in [1.82, 2.24) is 15.1 Å². The maximum Gasteiger partial charge on any atom is 0.302 e. The number of imide groups is 1. The van der Waals surface area contributed by atoms with E-state index in [0.717, 1.165) is 18.8 Å². The number of nitrogens with one attached hydrogen (secondary N) is 2. The van der Waals surface area contributed by atoms with Crippen molar-refractivity contribution in [3.05, 3.63) is 64.5 Å². The van der Waals surface area contributed by atoms with Crippen molar-refractivity contribution in [3.63, 3.8) is 0 Å². The predicted molar refractivity (Wildman–Crippen MR) is 144 cm³/mol. The highest BCUT2D eigenvalue weighted by molar-refractivity contribution is 6.32. The Kier molecular flexibility index (Phi) is 8.59. The average Bonchev–Trinajstić information content (AvgIpc) is 2.95. The maximum atomic E-state index is 15.1. The van der Waals surface area contributed by atoms with Crippen LogP contribution in [0.15, 0.2) is 36.4 Å². The molecule has 2 saturated heterocycles. The smallest absolute Gasteiger partial charge is 0.302 e. The maximum absolute atomic E-state index is 15.1. The second kappa shape index (κ2) is 11.4. The van der Waals surface area contributed by atoms with E-state index in [1.165, 1.54) is 36.2 Å². The number of aldehydes is 1. The summed E-state index contributed by atoms with van der Waals surface area (Å²) in [5, 5.41) is 67.4. The number of nitrogens with zero attached hydrogens (tertiary/aromatic N) is 2. The van der Waals surface area contributed by atoms with Gasteiger partial charge in [-0.2, -0.15) is 0 Å². The number of aliphatic hydroxyl groups is 6. The van der Waals surface area contributed by atoms with Crippen LogP contribution in [0.5, 0.6) is 0 Å². The van der Waals surface area contributed by atoms with Gasteiger partial charge in [-0.25, -0.2) is 9.29 Å². The van der Waals surface area contributed by atoms with Crippen molar-refractivity contribution in [2.75, 3.05) is 38.7 Å². The fourth-order valence-electron chi connectivity index (χ4n) is 5.01. The Hall–Kier alpha value is -3.32. The lowest BCUT2D eigenvalue weighted by molar-refractivity contribution is -0.364. The number of amides is 2. The number of benzene rings is 2. The third kappa shape index (κ3) is 5.21. The molecule has 2 aromatic carbocycles. The SMILES string of the molecule is BC1(N(C)Cc2c(C=O)cccc2NCc2ccc(C(O)(O)N3CCOCC3)cc2F)C(=O)NC(=O)C(O)(O)C1(O)O. The first-order valence-electron chi connectivity index (χ1n) is 12.9. The molecule has 2 aromatic rings. The molecule has 14 nitrogen and oxygen atoms in total. The Labute approximate surface area is 240 Å². The highest BCUT2D eigenvalue weighted by Crippen LogP contribution is 2.37. The van der Waals surface area contributed by atoms with Crippen LogP contribution >= 0.6 is 0 Å². The summed E-state index contributed by atoms with van der Waals surface area (Å²) in [6.45, 7) is 0.595. The number of hydrogen-bond donors (Lipinski definition) is 8. The lowest BCUT2D eigenvalue weighted by Crippen LogP contribution is -2.85. The first-order chi connectivity index (χ1) is 19.6. The van der Waals surface area contributed by atoms with E-state index in [9.17, 15) is 45.0 Å². The average molecular weight is 590 g/mol. The van der Waals surface area contributed by atoms with Crippen molar-refractivity contribution in [2.24, 2.45) is 0 Å². The van der Waals surface area contributed by atoms with E-state index in [2.05, 4.69) is 5.32 Å². The molecular formula is C26H32BFN4O10. The third-order valence-corrected chi connectivity index (χ3v) is 8.01.